The highest BCUT2D eigenvalue weighted by atomic mass is 79.9. The van der Waals surface area contributed by atoms with Gasteiger partial charge in [0.1, 0.15) is 5.75 Å². The fourth-order valence-corrected chi connectivity index (χ4v) is 3.59. The molecule has 0 saturated carbocycles. The van der Waals surface area contributed by atoms with E-state index in [4.69, 9.17) is 9.47 Å². The van der Waals surface area contributed by atoms with Crippen LogP contribution in [-0.4, -0.2) is 38.0 Å². The summed E-state index contributed by atoms with van der Waals surface area (Å²) in [7, 11) is 1.55. The van der Waals surface area contributed by atoms with Crippen molar-refractivity contribution in [2.24, 2.45) is 5.92 Å². The molecule has 1 N–H and O–H groups in total. The smallest absolute Gasteiger partial charge is 0.311 e. The number of amides is 2. The number of methoxy groups -OCH3 is 1. The number of carbonyl (C=O) groups is 3. The van der Waals surface area contributed by atoms with Crippen molar-refractivity contribution in [3.63, 3.8) is 0 Å². The molecular formula is C22H23BrN2O5. The fourth-order valence-electron chi connectivity index (χ4n) is 3.36. The third-order valence-electron chi connectivity index (χ3n) is 4.89. The van der Waals surface area contributed by atoms with E-state index in [1.54, 1.807) is 31.4 Å². The van der Waals surface area contributed by atoms with Crippen molar-refractivity contribution >= 4 is 45.1 Å². The molecule has 3 rings (SSSR count). The van der Waals surface area contributed by atoms with Crippen LogP contribution in [0.3, 0.4) is 0 Å². The van der Waals surface area contributed by atoms with E-state index in [-0.39, 0.29) is 18.9 Å². The van der Waals surface area contributed by atoms with Crippen molar-refractivity contribution in [3.05, 3.63) is 52.0 Å². The second kappa shape index (κ2) is 9.30. The molecule has 0 bridgehead atoms. The van der Waals surface area contributed by atoms with E-state index in [1.807, 2.05) is 26.0 Å². The largest absolute Gasteiger partial charge is 0.497 e. The third kappa shape index (κ3) is 4.99. The number of anilines is 2. The van der Waals surface area contributed by atoms with Crippen molar-refractivity contribution < 1.29 is 23.9 Å². The Kier molecular flexibility index (Phi) is 6.77. The maximum absolute atomic E-state index is 12.4. The number of esters is 1. The molecule has 0 unspecified atom stereocenters. The summed E-state index contributed by atoms with van der Waals surface area (Å²) in [6, 6.07) is 10.7. The molecule has 0 aliphatic carbocycles. The van der Waals surface area contributed by atoms with Gasteiger partial charge in [-0.2, -0.15) is 0 Å². The number of halogens is 1. The minimum atomic E-state index is -0.617. The number of hydrogen-bond acceptors (Lipinski definition) is 5. The van der Waals surface area contributed by atoms with Crippen LogP contribution < -0.4 is 15.0 Å². The van der Waals surface area contributed by atoms with E-state index >= 15 is 0 Å². The molecule has 2 amide bonds. The summed E-state index contributed by atoms with van der Waals surface area (Å²) in [4.78, 5) is 38.4. The minimum absolute atomic E-state index is 0.0444. The van der Waals surface area contributed by atoms with Crippen LogP contribution in [0.25, 0.3) is 0 Å². The molecule has 1 saturated heterocycles. The summed E-state index contributed by atoms with van der Waals surface area (Å²) in [6.07, 6.45) is 0.0444. The average molecular weight is 475 g/mol. The molecular weight excluding hydrogens is 452 g/mol. The topological polar surface area (TPSA) is 84.9 Å². The van der Waals surface area contributed by atoms with Gasteiger partial charge in [-0.3, -0.25) is 14.4 Å². The summed E-state index contributed by atoms with van der Waals surface area (Å²) in [5.74, 6) is -1.16. The quantitative estimate of drug-likeness (QED) is 0.646. The van der Waals surface area contributed by atoms with Gasteiger partial charge in [0.05, 0.1) is 13.0 Å². The third-order valence-corrected chi connectivity index (χ3v) is 6.14. The Morgan fingerprint density at radius 3 is 2.57 bits per heavy atom. The molecule has 0 aromatic heterocycles. The zero-order valence-electron chi connectivity index (χ0n) is 17.0. The summed E-state index contributed by atoms with van der Waals surface area (Å²) in [5.41, 5.74) is 3.27. The van der Waals surface area contributed by atoms with Crippen LogP contribution in [0.2, 0.25) is 0 Å². The molecule has 8 heteroatoms. The highest BCUT2D eigenvalue weighted by Crippen LogP contribution is 2.28. The van der Waals surface area contributed by atoms with Gasteiger partial charge in [0.2, 0.25) is 5.91 Å². The molecule has 1 atom stereocenters. The average Bonchev–Trinajstić information content (AvgIpc) is 3.12. The second-order valence-electron chi connectivity index (χ2n) is 7.19. The first-order chi connectivity index (χ1) is 14.3. The van der Waals surface area contributed by atoms with Gasteiger partial charge < -0.3 is 19.7 Å². The standard InChI is InChI=1S/C22H23BrN2O5/c1-13-7-16(8-14(2)21(13)23)24-19(26)12-30-22(28)15-9-20(27)25(11-15)17-5-4-6-18(10-17)29-3/h4-8,10,15H,9,11-12H2,1-3H3,(H,24,26)/t15-/m1/s1. The number of hydrogen-bond donors (Lipinski definition) is 1. The van der Waals surface area contributed by atoms with Crippen molar-refractivity contribution in [2.75, 3.05) is 30.5 Å². The van der Waals surface area contributed by atoms with Gasteiger partial charge in [0.25, 0.3) is 5.91 Å². The molecule has 2 aromatic carbocycles. The first-order valence-electron chi connectivity index (χ1n) is 9.46. The van der Waals surface area contributed by atoms with Gasteiger partial charge in [-0.15, -0.1) is 0 Å². The van der Waals surface area contributed by atoms with Gasteiger partial charge in [-0.1, -0.05) is 22.0 Å². The van der Waals surface area contributed by atoms with Crippen LogP contribution >= 0.6 is 15.9 Å². The lowest BCUT2D eigenvalue weighted by Crippen LogP contribution is -2.28. The first kappa shape index (κ1) is 21.8. The second-order valence-corrected chi connectivity index (χ2v) is 7.98. The van der Waals surface area contributed by atoms with Gasteiger partial charge in [-0.25, -0.2) is 0 Å². The maximum atomic E-state index is 12.4. The number of carbonyl (C=O) groups excluding carboxylic acids is 3. The maximum Gasteiger partial charge on any atom is 0.311 e. The van der Waals surface area contributed by atoms with Crippen molar-refractivity contribution in [1.29, 1.82) is 0 Å². The van der Waals surface area contributed by atoms with Crippen molar-refractivity contribution in [2.45, 2.75) is 20.3 Å². The number of rotatable bonds is 6. The van der Waals surface area contributed by atoms with Crippen LogP contribution in [0, 0.1) is 19.8 Å². The molecule has 0 radical (unpaired) electrons. The number of ether oxygens (including phenoxy) is 2. The minimum Gasteiger partial charge on any atom is -0.497 e. The summed E-state index contributed by atoms with van der Waals surface area (Å²) in [5, 5.41) is 2.72. The van der Waals surface area contributed by atoms with E-state index in [9.17, 15) is 14.4 Å². The zero-order chi connectivity index (χ0) is 21.8. The zero-order valence-corrected chi connectivity index (χ0v) is 18.6. The van der Waals surface area contributed by atoms with Crippen LogP contribution in [-0.2, 0) is 19.1 Å². The predicted octanol–water partition coefficient (Wildman–Crippen LogP) is 3.61. The Bertz CT molecular complexity index is 968. The Morgan fingerprint density at radius 1 is 1.20 bits per heavy atom. The lowest BCUT2D eigenvalue weighted by molar-refractivity contribution is -0.151. The number of nitrogens with one attached hydrogen (secondary N) is 1. The highest BCUT2D eigenvalue weighted by Gasteiger charge is 2.36. The van der Waals surface area contributed by atoms with Crippen LogP contribution in [0.1, 0.15) is 17.5 Å². The van der Waals surface area contributed by atoms with Crippen molar-refractivity contribution in [1.82, 2.24) is 0 Å². The van der Waals surface area contributed by atoms with E-state index in [2.05, 4.69) is 21.2 Å². The highest BCUT2D eigenvalue weighted by molar-refractivity contribution is 9.10. The molecule has 1 fully saturated rings. The number of benzene rings is 2. The Hall–Kier alpha value is -2.87. The Balaban J connectivity index is 1.55. The number of aryl methyl sites for hydroxylation is 2. The van der Waals surface area contributed by atoms with Gasteiger partial charge in [0.15, 0.2) is 6.61 Å². The van der Waals surface area contributed by atoms with Gasteiger partial charge in [0, 0.05) is 34.9 Å². The molecule has 7 nitrogen and oxygen atoms in total. The summed E-state index contributed by atoms with van der Waals surface area (Å²) in [6.45, 7) is 3.66. The molecule has 30 heavy (non-hydrogen) atoms. The van der Waals surface area contributed by atoms with Crippen molar-refractivity contribution in [3.8, 4) is 5.75 Å². The van der Waals surface area contributed by atoms with E-state index in [1.165, 1.54) is 4.90 Å². The number of nitrogens with zero attached hydrogens (tertiary/aromatic N) is 1. The van der Waals surface area contributed by atoms with Gasteiger partial charge >= 0.3 is 5.97 Å². The molecule has 1 aliphatic rings. The lowest BCUT2D eigenvalue weighted by Gasteiger charge is -2.17. The van der Waals surface area contributed by atoms with E-state index < -0.39 is 24.4 Å². The van der Waals surface area contributed by atoms with E-state index in [0.29, 0.717) is 17.1 Å². The predicted molar refractivity (Wildman–Crippen MR) is 117 cm³/mol. The monoisotopic (exact) mass is 474 g/mol. The molecule has 1 heterocycles. The summed E-state index contributed by atoms with van der Waals surface area (Å²) >= 11 is 3.48. The normalized spacial score (nSPS) is 15.8. The Labute approximate surface area is 183 Å². The van der Waals surface area contributed by atoms with E-state index in [0.717, 1.165) is 15.6 Å². The van der Waals surface area contributed by atoms with Crippen LogP contribution in [0.4, 0.5) is 11.4 Å². The van der Waals surface area contributed by atoms with Crippen LogP contribution in [0.5, 0.6) is 5.75 Å². The Morgan fingerprint density at radius 2 is 1.90 bits per heavy atom. The lowest BCUT2D eigenvalue weighted by atomic mass is 10.1. The fraction of sp³-hybridized carbons (Fsp3) is 0.318. The molecule has 0 spiro atoms. The molecule has 2 aromatic rings. The summed E-state index contributed by atoms with van der Waals surface area (Å²) < 4.78 is 11.3. The SMILES string of the molecule is COc1cccc(N2C[C@H](C(=O)OCC(=O)Nc3cc(C)c(Br)c(C)c3)CC2=O)c1. The van der Waals surface area contributed by atoms with Crippen LogP contribution in [0.15, 0.2) is 40.9 Å². The first-order valence-corrected chi connectivity index (χ1v) is 10.3. The molecule has 1 aliphatic heterocycles. The van der Waals surface area contributed by atoms with Gasteiger partial charge in [-0.05, 0) is 49.2 Å². The molecule has 158 valence electrons.